The Kier molecular flexibility index (Phi) is 5.19. The van der Waals surface area contributed by atoms with Crippen molar-refractivity contribution in [3.63, 3.8) is 0 Å². The first-order valence-corrected chi connectivity index (χ1v) is 11.0. The van der Waals surface area contributed by atoms with Gasteiger partial charge in [-0.1, -0.05) is 59.7 Å². The number of benzene rings is 3. The molecule has 0 aliphatic carbocycles. The number of anilines is 1. The zero-order valence-electron chi connectivity index (χ0n) is 18.4. The fourth-order valence-corrected chi connectivity index (χ4v) is 4.02. The smallest absolute Gasteiger partial charge is 0.317 e. The maximum atomic E-state index is 13.1. The zero-order valence-corrected chi connectivity index (χ0v) is 18.4. The van der Waals surface area contributed by atoms with Crippen LogP contribution in [0.2, 0.25) is 0 Å². The summed E-state index contributed by atoms with van der Waals surface area (Å²) < 4.78 is 7.62. The fraction of sp³-hybridized carbons (Fsp3) is 0.0769. The van der Waals surface area contributed by atoms with Crippen LogP contribution in [0.15, 0.2) is 101 Å². The molecule has 0 fully saturated rings. The Bertz CT molecular complexity index is 1510. The largest absolute Gasteiger partial charge is 0.403 e. The molecule has 35 heavy (non-hydrogen) atoms. The van der Waals surface area contributed by atoms with E-state index < -0.39 is 6.17 Å². The second kappa shape index (κ2) is 8.79. The van der Waals surface area contributed by atoms with Crippen LogP contribution >= 0.6 is 0 Å². The van der Waals surface area contributed by atoms with Gasteiger partial charge >= 0.3 is 6.01 Å². The minimum Gasteiger partial charge on any atom is -0.403 e. The van der Waals surface area contributed by atoms with Crippen LogP contribution in [0.25, 0.3) is 17.1 Å². The maximum Gasteiger partial charge on any atom is 0.317 e. The number of aromatic nitrogens is 5. The average Bonchev–Trinajstić information content (AvgIpc) is 3.58. The van der Waals surface area contributed by atoms with Crippen LogP contribution in [0.3, 0.4) is 0 Å². The monoisotopic (exact) mass is 461 g/mol. The molecule has 9 nitrogen and oxygen atoms in total. The summed E-state index contributed by atoms with van der Waals surface area (Å²) in [6, 6.07) is 25.3. The topological polar surface area (TPSA) is 111 Å². The molecule has 1 aliphatic rings. The van der Waals surface area contributed by atoms with Crippen molar-refractivity contribution in [1.29, 1.82) is 0 Å². The standard InChI is InChI=1S/C26H19N7O2/c34-22-14-19-8-4-5-9-21(19)23(17-6-2-1-3-7-17)29-24(22)30-26-32-31-25(35-26)18-10-12-20(13-11-18)33-15-27-28-16-33/h1-13,15-16,24H,14H2,(H,30,32). The van der Waals surface area contributed by atoms with Crippen LogP contribution in [-0.2, 0) is 11.2 Å². The lowest BCUT2D eigenvalue weighted by Crippen LogP contribution is -2.29. The summed E-state index contributed by atoms with van der Waals surface area (Å²) in [5.74, 6) is 0.251. The molecule has 3 aromatic carbocycles. The van der Waals surface area contributed by atoms with Gasteiger partial charge in [0.1, 0.15) is 12.7 Å². The van der Waals surface area contributed by atoms with Gasteiger partial charge < -0.3 is 9.73 Å². The first-order valence-electron chi connectivity index (χ1n) is 11.0. The van der Waals surface area contributed by atoms with Crippen molar-refractivity contribution < 1.29 is 9.21 Å². The van der Waals surface area contributed by atoms with Crippen molar-refractivity contribution in [2.24, 2.45) is 4.99 Å². The van der Waals surface area contributed by atoms with Crippen LogP contribution in [0, 0.1) is 0 Å². The number of rotatable bonds is 5. The molecular formula is C26H19N7O2. The minimum absolute atomic E-state index is 0.0820. The number of carbonyl (C=O) groups excluding carboxylic acids is 1. The van der Waals surface area contributed by atoms with E-state index in [1.165, 1.54) is 0 Å². The molecule has 0 radical (unpaired) electrons. The summed E-state index contributed by atoms with van der Waals surface area (Å²) in [5, 5.41) is 18.9. The van der Waals surface area contributed by atoms with Crippen molar-refractivity contribution in [3.8, 4) is 17.1 Å². The Morgan fingerprint density at radius 1 is 0.829 bits per heavy atom. The van der Waals surface area contributed by atoms with Crippen molar-refractivity contribution in [1.82, 2.24) is 25.0 Å². The van der Waals surface area contributed by atoms with E-state index in [0.717, 1.165) is 33.7 Å². The lowest BCUT2D eigenvalue weighted by molar-refractivity contribution is -0.119. The fourth-order valence-electron chi connectivity index (χ4n) is 4.02. The van der Waals surface area contributed by atoms with Crippen LogP contribution in [-0.4, -0.2) is 42.6 Å². The molecule has 1 aliphatic heterocycles. The van der Waals surface area contributed by atoms with Gasteiger partial charge in [0.2, 0.25) is 5.89 Å². The molecule has 5 aromatic rings. The molecule has 1 atom stereocenters. The molecule has 6 rings (SSSR count). The number of nitrogens with zero attached hydrogens (tertiary/aromatic N) is 6. The third-order valence-corrected chi connectivity index (χ3v) is 5.76. The summed E-state index contributed by atoms with van der Waals surface area (Å²) in [6.07, 6.45) is 2.63. The summed E-state index contributed by atoms with van der Waals surface area (Å²) in [6.45, 7) is 0. The van der Waals surface area contributed by atoms with Gasteiger partial charge in [-0.05, 0) is 29.8 Å². The number of hydrogen-bond donors (Lipinski definition) is 1. The van der Waals surface area contributed by atoms with Crippen molar-refractivity contribution in [2.75, 3.05) is 5.32 Å². The summed E-state index contributed by atoms with van der Waals surface area (Å²) in [7, 11) is 0. The quantitative estimate of drug-likeness (QED) is 0.425. The average molecular weight is 461 g/mol. The molecular weight excluding hydrogens is 442 g/mol. The van der Waals surface area contributed by atoms with E-state index in [9.17, 15) is 4.79 Å². The van der Waals surface area contributed by atoms with Crippen LogP contribution in [0.5, 0.6) is 0 Å². The van der Waals surface area contributed by atoms with Gasteiger partial charge in [-0.2, -0.15) is 0 Å². The Labute approximate surface area is 200 Å². The molecule has 9 heteroatoms. The second-order valence-corrected chi connectivity index (χ2v) is 8.02. The SMILES string of the molecule is O=C1Cc2ccccc2C(c2ccccc2)=NC1Nc1nnc(-c2ccc(-n3cnnc3)cc2)o1. The molecule has 3 heterocycles. The molecule has 0 spiro atoms. The number of Topliss-reactive ketones (excluding diaryl/α,β-unsaturated/α-hetero) is 1. The van der Waals surface area contributed by atoms with E-state index in [-0.39, 0.29) is 18.2 Å². The molecule has 0 bridgehead atoms. The van der Waals surface area contributed by atoms with Crippen LogP contribution in [0.1, 0.15) is 16.7 Å². The highest BCUT2D eigenvalue weighted by Crippen LogP contribution is 2.25. The van der Waals surface area contributed by atoms with E-state index in [4.69, 9.17) is 9.41 Å². The minimum atomic E-state index is -0.859. The highest BCUT2D eigenvalue weighted by atomic mass is 16.4. The molecule has 0 saturated carbocycles. The molecule has 0 saturated heterocycles. The summed E-state index contributed by atoms with van der Waals surface area (Å²) in [4.78, 5) is 17.9. The molecule has 1 unspecified atom stereocenters. The summed E-state index contributed by atoms with van der Waals surface area (Å²) in [5.41, 5.74) is 5.20. The van der Waals surface area contributed by atoms with Gasteiger partial charge in [0.15, 0.2) is 11.9 Å². The number of hydrogen-bond acceptors (Lipinski definition) is 8. The van der Waals surface area contributed by atoms with E-state index in [0.29, 0.717) is 5.89 Å². The predicted molar refractivity (Wildman–Crippen MR) is 129 cm³/mol. The molecule has 2 aromatic heterocycles. The highest BCUT2D eigenvalue weighted by Gasteiger charge is 2.27. The van der Waals surface area contributed by atoms with Crippen molar-refractivity contribution >= 4 is 17.5 Å². The van der Waals surface area contributed by atoms with Gasteiger partial charge in [-0.3, -0.25) is 14.4 Å². The van der Waals surface area contributed by atoms with Gasteiger partial charge in [-0.15, -0.1) is 15.3 Å². The van der Waals surface area contributed by atoms with E-state index in [1.807, 2.05) is 78.9 Å². The number of ketones is 1. The third-order valence-electron chi connectivity index (χ3n) is 5.76. The summed E-state index contributed by atoms with van der Waals surface area (Å²) >= 11 is 0. The Balaban J connectivity index is 1.29. The Morgan fingerprint density at radius 3 is 2.37 bits per heavy atom. The predicted octanol–water partition coefficient (Wildman–Crippen LogP) is 3.72. The highest BCUT2D eigenvalue weighted by molar-refractivity contribution is 6.16. The second-order valence-electron chi connectivity index (χ2n) is 8.02. The lowest BCUT2D eigenvalue weighted by Gasteiger charge is -2.11. The molecule has 1 N–H and O–H groups in total. The van der Waals surface area contributed by atoms with Gasteiger partial charge in [0.05, 0.1) is 5.71 Å². The van der Waals surface area contributed by atoms with E-state index in [1.54, 1.807) is 17.2 Å². The van der Waals surface area contributed by atoms with E-state index in [2.05, 4.69) is 25.7 Å². The maximum absolute atomic E-state index is 13.1. The van der Waals surface area contributed by atoms with Crippen LogP contribution < -0.4 is 5.32 Å². The number of fused-ring (bicyclic) bond motifs is 1. The zero-order chi connectivity index (χ0) is 23.6. The van der Waals surface area contributed by atoms with Crippen molar-refractivity contribution in [3.05, 3.63) is 108 Å². The number of carbonyl (C=O) groups is 1. The van der Waals surface area contributed by atoms with Crippen LogP contribution in [0.4, 0.5) is 6.01 Å². The Hall–Kier alpha value is -4.92. The normalized spacial score (nSPS) is 15.3. The van der Waals surface area contributed by atoms with Gasteiger partial charge in [0, 0.05) is 28.8 Å². The third kappa shape index (κ3) is 4.10. The van der Waals surface area contributed by atoms with Crippen molar-refractivity contribution in [2.45, 2.75) is 12.6 Å². The first-order chi connectivity index (χ1) is 17.2. The van der Waals surface area contributed by atoms with Gasteiger partial charge in [-0.25, -0.2) is 0 Å². The number of aliphatic imine (C=N–C) groups is 1. The molecule has 170 valence electrons. The van der Waals surface area contributed by atoms with Gasteiger partial charge in [0.25, 0.3) is 0 Å². The Morgan fingerprint density at radius 2 is 1.57 bits per heavy atom. The number of nitrogens with one attached hydrogen (secondary N) is 1. The van der Waals surface area contributed by atoms with E-state index >= 15 is 0 Å². The first kappa shape index (κ1) is 20.7. The molecule has 0 amide bonds. The lowest BCUT2D eigenvalue weighted by atomic mass is 9.96.